The number of halogens is 1. The molecule has 1 aromatic carbocycles. The molecule has 0 bridgehead atoms. The van der Waals surface area contributed by atoms with Gasteiger partial charge in [0.25, 0.3) is 0 Å². The van der Waals surface area contributed by atoms with Crippen LogP contribution < -0.4 is 10.6 Å². The number of anilines is 3. The van der Waals surface area contributed by atoms with Crippen LogP contribution in [0.3, 0.4) is 0 Å². The molecule has 4 rings (SSSR count). The van der Waals surface area contributed by atoms with Gasteiger partial charge in [-0.3, -0.25) is 4.90 Å². The molecule has 0 spiro atoms. The molecule has 1 fully saturated rings. The molecule has 1 saturated heterocycles. The van der Waals surface area contributed by atoms with Crippen molar-refractivity contribution >= 4 is 38.3 Å². The molecule has 3 heterocycles. The van der Waals surface area contributed by atoms with E-state index in [0.717, 1.165) is 22.6 Å². The van der Waals surface area contributed by atoms with E-state index >= 15 is 0 Å². The number of nitrogens with one attached hydrogen (secondary N) is 2. The lowest BCUT2D eigenvalue weighted by Crippen LogP contribution is -2.25. The molecule has 37 heavy (non-hydrogen) atoms. The van der Waals surface area contributed by atoms with Gasteiger partial charge in [-0.1, -0.05) is 49.8 Å². The largest absolute Gasteiger partial charge is 0.339 e. The van der Waals surface area contributed by atoms with Gasteiger partial charge in [-0.05, 0) is 76.9 Å². The molecule has 198 valence electrons. The fourth-order valence-corrected chi connectivity index (χ4v) is 4.76. The molecule has 1 aliphatic heterocycles. The first-order chi connectivity index (χ1) is 17.8. The third-order valence-corrected chi connectivity index (χ3v) is 6.36. The second kappa shape index (κ2) is 15.7. The number of thiazole rings is 1. The molecule has 1 aliphatic rings. The summed E-state index contributed by atoms with van der Waals surface area (Å²) in [7, 11) is 0. The predicted octanol–water partition coefficient (Wildman–Crippen LogP) is 7.55. The van der Waals surface area contributed by atoms with E-state index in [1.165, 1.54) is 68.1 Å². The SMILES string of the molecule is C#CC.C=C(C)CN1CCCCCC1.C=C(C)Nc1nc2ncnc(Nc3ccc(F)c(CC)c3)c2s1. The Balaban J connectivity index is 0.000000287. The van der Waals surface area contributed by atoms with Gasteiger partial charge in [0.1, 0.15) is 16.8 Å². The minimum atomic E-state index is -0.198. The summed E-state index contributed by atoms with van der Waals surface area (Å²) in [5, 5.41) is 7.01. The van der Waals surface area contributed by atoms with E-state index in [1.807, 2.05) is 13.8 Å². The summed E-state index contributed by atoms with van der Waals surface area (Å²) in [5.74, 6) is 2.70. The topological polar surface area (TPSA) is 66.0 Å². The average Bonchev–Trinajstić information content (AvgIpc) is 3.08. The minimum absolute atomic E-state index is 0.198. The van der Waals surface area contributed by atoms with E-state index < -0.39 is 0 Å². The summed E-state index contributed by atoms with van der Waals surface area (Å²) >= 11 is 1.44. The first kappa shape index (κ1) is 29.9. The number of hydrogen-bond donors (Lipinski definition) is 2. The van der Waals surface area contributed by atoms with Gasteiger partial charge in [0.2, 0.25) is 0 Å². The Bertz CT molecular complexity index is 1200. The maximum absolute atomic E-state index is 13.6. The van der Waals surface area contributed by atoms with Crippen molar-refractivity contribution in [2.75, 3.05) is 30.3 Å². The number of aromatic nitrogens is 3. The van der Waals surface area contributed by atoms with E-state index in [9.17, 15) is 4.39 Å². The smallest absolute Gasteiger partial charge is 0.189 e. The molecule has 6 nitrogen and oxygen atoms in total. The number of benzene rings is 1. The molecule has 2 aromatic heterocycles. The van der Waals surface area contributed by atoms with Gasteiger partial charge in [-0.25, -0.2) is 14.4 Å². The van der Waals surface area contributed by atoms with Crippen molar-refractivity contribution in [2.45, 2.75) is 59.8 Å². The fourth-order valence-electron chi connectivity index (χ4n) is 3.81. The number of rotatable bonds is 7. The van der Waals surface area contributed by atoms with E-state index in [0.29, 0.717) is 28.6 Å². The van der Waals surface area contributed by atoms with Crippen LogP contribution >= 0.6 is 11.3 Å². The van der Waals surface area contributed by atoms with Gasteiger partial charge in [0.15, 0.2) is 16.6 Å². The van der Waals surface area contributed by atoms with Crippen molar-refractivity contribution in [3.05, 3.63) is 60.3 Å². The molecular formula is C29H39FN6S. The zero-order chi connectivity index (χ0) is 27.2. The van der Waals surface area contributed by atoms with E-state index in [-0.39, 0.29) is 5.82 Å². The molecule has 0 radical (unpaired) electrons. The van der Waals surface area contributed by atoms with Crippen LogP contribution in [0, 0.1) is 18.2 Å². The quantitative estimate of drug-likeness (QED) is 0.247. The monoisotopic (exact) mass is 522 g/mol. The second-order valence-corrected chi connectivity index (χ2v) is 10.0. The first-order valence-electron chi connectivity index (χ1n) is 12.6. The molecule has 0 atom stereocenters. The molecule has 3 aromatic rings. The summed E-state index contributed by atoms with van der Waals surface area (Å²) < 4.78 is 14.4. The molecule has 2 N–H and O–H groups in total. The highest BCUT2D eigenvalue weighted by molar-refractivity contribution is 7.22. The lowest BCUT2D eigenvalue weighted by atomic mass is 10.1. The first-order valence-corrected chi connectivity index (χ1v) is 13.4. The van der Waals surface area contributed by atoms with E-state index in [1.54, 1.807) is 19.1 Å². The fraction of sp³-hybridized carbons (Fsp3) is 0.414. The van der Waals surface area contributed by atoms with Crippen molar-refractivity contribution in [3.63, 3.8) is 0 Å². The maximum atomic E-state index is 13.6. The van der Waals surface area contributed by atoms with Crippen LogP contribution in [0.5, 0.6) is 0 Å². The Morgan fingerprint density at radius 2 is 1.84 bits per heavy atom. The molecule has 0 amide bonds. The zero-order valence-corrected chi connectivity index (χ0v) is 23.3. The number of fused-ring (bicyclic) bond motifs is 1. The van der Waals surface area contributed by atoms with Crippen molar-refractivity contribution < 1.29 is 4.39 Å². The maximum Gasteiger partial charge on any atom is 0.189 e. The lowest BCUT2D eigenvalue weighted by molar-refractivity contribution is 0.309. The predicted molar refractivity (Wildman–Crippen MR) is 157 cm³/mol. The van der Waals surface area contributed by atoms with Crippen LogP contribution in [-0.2, 0) is 6.42 Å². The van der Waals surface area contributed by atoms with Crippen LogP contribution in [0.4, 0.5) is 21.0 Å². The molecular weight excluding hydrogens is 483 g/mol. The third kappa shape index (κ3) is 10.3. The summed E-state index contributed by atoms with van der Waals surface area (Å²) in [5.41, 5.74) is 4.15. The van der Waals surface area contributed by atoms with Gasteiger partial charge in [0, 0.05) is 17.9 Å². The van der Waals surface area contributed by atoms with Crippen LogP contribution in [0.1, 0.15) is 58.9 Å². The highest BCUT2D eigenvalue weighted by Gasteiger charge is 2.12. The summed E-state index contributed by atoms with van der Waals surface area (Å²) in [6.07, 6.45) is 12.3. The summed E-state index contributed by atoms with van der Waals surface area (Å²) in [4.78, 5) is 15.4. The summed E-state index contributed by atoms with van der Waals surface area (Å²) in [6, 6.07) is 4.94. The lowest BCUT2D eigenvalue weighted by Gasteiger charge is -2.19. The van der Waals surface area contributed by atoms with Gasteiger partial charge in [-0.15, -0.1) is 12.3 Å². The van der Waals surface area contributed by atoms with Gasteiger partial charge in [0.05, 0.1) is 0 Å². The number of hydrogen-bond acceptors (Lipinski definition) is 7. The van der Waals surface area contributed by atoms with Gasteiger partial charge >= 0.3 is 0 Å². The van der Waals surface area contributed by atoms with Crippen LogP contribution in [0.25, 0.3) is 10.3 Å². The molecule has 0 aliphatic carbocycles. The molecule has 0 unspecified atom stereocenters. The Labute approximate surface area is 225 Å². The Hall–Kier alpha value is -3.28. The molecule has 0 saturated carbocycles. The Morgan fingerprint density at radius 1 is 1.16 bits per heavy atom. The number of aryl methyl sites for hydroxylation is 1. The second-order valence-electron chi connectivity index (χ2n) is 9.02. The van der Waals surface area contributed by atoms with Crippen molar-refractivity contribution in [3.8, 4) is 12.3 Å². The summed E-state index contributed by atoms with van der Waals surface area (Å²) in [6.45, 7) is 19.0. The number of nitrogens with zero attached hydrogens (tertiary/aromatic N) is 4. The molecule has 8 heteroatoms. The van der Waals surface area contributed by atoms with Crippen LogP contribution in [-0.4, -0.2) is 39.5 Å². The average molecular weight is 523 g/mol. The van der Waals surface area contributed by atoms with Crippen molar-refractivity contribution in [2.24, 2.45) is 0 Å². The highest BCUT2D eigenvalue weighted by atomic mass is 32.1. The van der Waals surface area contributed by atoms with Crippen molar-refractivity contribution in [1.29, 1.82) is 0 Å². The minimum Gasteiger partial charge on any atom is -0.339 e. The van der Waals surface area contributed by atoms with Gasteiger partial charge < -0.3 is 10.6 Å². The number of likely N-dealkylation sites (tertiary alicyclic amines) is 1. The normalized spacial score (nSPS) is 13.2. The number of terminal acetylenes is 1. The van der Waals surface area contributed by atoms with E-state index in [4.69, 9.17) is 0 Å². The number of allylic oxidation sites excluding steroid dienone is 1. The standard InChI is InChI=1S/C16H16FN5S.C10H19N.C3H4/c1-4-10-7-11(5-6-12(10)17)21-14-13-15(19-8-18-14)22-16(23-13)20-9(2)3;1-10(2)9-11-7-5-3-4-6-8-11;1-3-2/h5-8H,2,4H2,1,3H3,(H2,18,19,20,21,22);1,3-9H2,2H3;1H,2H3. The van der Waals surface area contributed by atoms with Crippen LogP contribution in [0.2, 0.25) is 0 Å². The van der Waals surface area contributed by atoms with Gasteiger partial charge in [-0.2, -0.15) is 4.98 Å². The highest BCUT2D eigenvalue weighted by Crippen LogP contribution is 2.31. The third-order valence-electron chi connectivity index (χ3n) is 5.39. The van der Waals surface area contributed by atoms with E-state index in [2.05, 4.69) is 62.9 Å². The van der Waals surface area contributed by atoms with Crippen LogP contribution in [0.15, 0.2) is 49.0 Å². The Kier molecular flexibility index (Phi) is 12.7. The zero-order valence-electron chi connectivity index (χ0n) is 22.5. The van der Waals surface area contributed by atoms with Crippen molar-refractivity contribution in [1.82, 2.24) is 19.9 Å². The Morgan fingerprint density at radius 3 is 2.43 bits per heavy atom.